The van der Waals surface area contributed by atoms with Crippen LogP contribution in [0.1, 0.15) is 36.2 Å². The molecule has 110 valence electrons. The van der Waals surface area contributed by atoms with Crippen LogP contribution in [-0.4, -0.2) is 16.8 Å². The zero-order valence-electron chi connectivity index (χ0n) is 12.0. The van der Waals surface area contributed by atoms with Crippen LogP contribution in [0.25, 0.3) is 0 Å². The molecule has 1 aromatic carbocycles. The maximum Gasteiger partial charge on any atom is 0.228 e. The summed E-state index contributed by atoms with van der Waals surface area (Å²) in [7, 11) is 0. The van der Waals surface area contributed by atoms with Crippen LogP contribution in [-0.2, 0) is 11.2 Å². The lowest BCUT2D eigenvalue weighted by molar-refractivity contribution is -0.133. The van der Waals surface area contributed by atoms with E-state index in [4.69, 9.17) is 0 Å². The largest absolute Gasteiger partial charge is 0.333 e. The van der Waals surface area contributed by atoms with Crippen LogP contribution in [0.3, 0.4) is 0 Å². The van der Waals surface area contributed by atoms with E-state index >= 15 is 0 Å². The first kappa shape index (κ1) is 14.3. The molecule has 1 heterocycles. The van der Waals surface area contributed by atoms with Crippen molar-refractivity contribution in [2.45, 2.75) is 38.3 Å². The number of hydrogen-bond donors (Lipinski definition) is 0. The van der Waals surface area contributed by atoms with E-state index in [9.17, 15) is 9.18 Å². The Morgan fingerprint density at radius 1 is 1.33 bits per heavy atom. The minimum absolute atomic E-state index is 0.0932. The molecular formula is C17H18FNOS. The molecule has 1 fully saturated rings. The molecule has 0 N–H and O–H groups in total. The molecule has 0 bridgehead atoms. The van der Waals surface area contributed by atoms with E-state index in [1.807, 2.05) is 35.4 Å². The van der Waals surface area contributed by atoms with Crippen LogP contribution in [0.4, 0.5) is 4.39 Å². The van der Waals surface area contributed by atoms with E-state index in [2.05, 4.69) is 0 Å². The molecule has 0 saturated heterocycles. The second-order valence-electron chi connectivity index (χ2n) is 5.49. The lowest BCUT2D eigenvalue weighted by Gasteiger charge is -2.30. The first-order valence-corrected chi connectivity index (χ1v) is 8.12. The molecule has 1 amide bonds. The summed E-state index contributed by atoms with van der Waals surface area (Å²) < 4.78 is 14.0. The summed E-state index contributed by atoms with van der Waals surface area (Å²) in [5.41, 5.74) is 0.601. The molecular weight excluding hydrogens is 285 g/mol. The van der Waals surface area contributed by atoms with Gasteiger partial charge in [0.2, 0.25) is 5.91 Å². The molecule has 3 rings (SSSR count). The molecule has 1 aliphatic rings. The van der Waals surface area contributed by atoms with Crippen molar-refractivity contribution in [2.75, 3.05) is 0 Å². The molecule has 0 spiro atoms. The Morgan fingerprint density at radius 3 is 2.71 bits per heavy atom. The molecule has 0 radical (unpaired) electrons. The van der Waals surface area contributed by atoms with E-state index in [-0.39, 0.29) is 23.8 Å². The quantitative estimate of drug-likeness (QED) is 0.811. The fourth-order valence-corrected chi connectivity index (χ4v) is 3.40. The lowest BCUT2D eigenvalue weighted by Crippen LogP contribution is -2.36. The topological polar surface area (TPSA) is 20.3 Å². The summed E-state index contributed by atoms with van der Waals surface area (Å²) in [6, 6.07) is 10.7. The van der Waals surface area contributed by atoms with Crippen molar-refractivity contribution in [2.24, 2.45) is 0 Å². The number of halogens is 1. The van der Waals surface area contributed by atoms with Crippen LogP contribution < -0.4 is 0 Å². The monoisotopic (exact) mass is 303 g/mol. The van der Waals surface area contributed by atoms with Crippen LogP contribution >= 0.6 is 11.3 Å². The summed E-state index contributed by atoms with van der Waals surface area (Å²) in [4.78, 5) is 15.6. The normalized spacial score (nSPS) is 15.7. The van der Waals surface area contributed by atoms with Gasteiger partial charge >= 0.3 is 0 Å². The third-order valence-corrected chi connectivity index (χ3v) is 4.78. The van der Waals surface area contributed by atoms with E-state index < -0.39 is 0 Å². The second kappa shape index (κ2) is 5.98. The highest BCUT2D eigenvalue weighted by Crippen LogP contribution is 2.35. The standard InChI is InChI=1S/C17H18FNOS/c1-12(15-6-2-3-7-16(15)18)19(13-8-9-13)17(20)11-14-5-4-10-21-14/h2-7,10,12-13H,8-9,11H2,1H3. The minimum atomic E-state index is -0.237. The van der Waals surface area contributed by atoms with Gasteiger partial charge in [-0.3, -0.25) is 4.79 Å². The molecule has 1 atom stereocenters. The highest BCUT2D eigenvalue weighted by atomic mass is 32.1. The molecule has 0 aliphatic heterocycles. The average Bonchev–Trinajstić information content (AvgIpc) is 3.16. The van der Waals surface area contributed by atoms with E-state index in [0.717, 1.165) is 17.7 Å². The third kappa shape index (κ3) is 3.16. The summed E-state index contributed by atoms with van der Waals surface area (Å²) in [5.74, 6) is -0.143. The van der Waals surface area contributed by atoms with Crippen molar-refractivity contribution in [3.05, 3.63) is 58.0 Å². The van der Waals surface area contributed by atoms with Gasteiger partial charge in [-0.25, -0.2) is 4.39 Å². The van der Waals surface area contributed by atoms with Crippen LogP contribution in [0.2, 0.25) is 0 Å². The van der Waals surface area contributed by atoms with Crippen LogP contribution in [0, 0.1) is 5.82 Å². The SMILES string of the molecule is CC(c1ccccc1F)N(C(=O)Cc1cccs1)C1CC1. The second-order valence-corrected chi connectivity index (χ2v) is 6.52. The van der Waals surface area contributed by atoms with Gasteiger partial charge in [-0.1, -0.05) is 24.3 Å². The molecule has 4 heteroatoms. The molecule has 2 aromatic rings. The summed E-state index contributed by atoms with van der Waals surface area (Å²) >= 11 is 1.59. The first-order valence-electron chi connectivity index (χ1n) is 7.25. The Morgan fingerprint density at radius 2 is 2.10 bits per heavy atom. The number of amides is 1. The van der Waals surface area contributed by atoms with Gasteiger partial charge in [0.15, 0.2) is 0 Å². The number of carbonyl (C=O) groups is 1. The smallest absolute Gasteiger partial charge is 0.228 e. The molecule has 1 aliphatic carbocycles. The maximum atomic E-state index is 14.0. The Labute approximate surface area is 128 Å². The predicted molar refractivity (Wildman–Crippen MR) is 82.7 cm³/mol. The Kier molecular flexibility index (Phi) is 4.06. The van der Waals surface area contributed by atoms with Gasteiger partial charge in [0, 0.05) is 16.5 Å². The average molecular weight is 303 g/mol. The van der Waals surface area contributed by atoms with Gasteiger partial charge in [0.25, 0.3) is 0 Å². The highest BCUT2D eigenvalue weighted by molar-refractivity contribution is 7.10. The Bertz CT molecular complexity index is 621. The van der Waals surface area contributed by atoms with Gasteiger partial charge in [-0.15, -0.1) is 11.3 Å². The lowest BCUT2D eigenvalue weighted by atomic mass is 10.1. The Balaban J connectivity index is 1.81. The number of hydrogen-bond acceptors (Lipinski definition) is 2. The number of thiophene rings is 1. The number of nitrogens with zero attached hydrogens (tertiary/aromatic N) is 1. The fourth-order valence-electron chi connectivity index (χ4n) is 2.71. The van der Waals surface area contributed by atoms with Gasteiger partial charge in [-0.05, 0) is 37.3 Å². The van der Waals surface area contributed by atoms with Crippen molar-refractivity contribution >= 4 is 17.2 Å². The predicted octanol–water partition coefficient (Wildman–Crippen LogP) is 4.18. The van der Waals surface area contributed by atoms with Crippen molar-refractivity contribution in [1.82, 2.24) is 4.90 Å². The maximum absolute atomic E-state index is 14.0. The molecule has 21 heavy (non-hydrogen) atoms. The van der Waals surface area contributed by atoms with Gasteiger partial charge < -0.3 is 4.90 Å². The number of benzene rings is 1. The molecule has 1 aromatic heterocycles. The molecule has 2 nitrogen and oxygen atoms in total. The third-order valence-electron chi connectivity index (χ3n) is 3.91. The first-order chi connectivity index (χ1) is 10.2. The number of rotatable bonds is 5. The van der Waals surface area contributed by atoms with Gasteiger partial charge in [-0.2, -0.15) is 0 Å². The Hall–Kier alpha value is -1.68. The zero-order chi connectivity index (χ0) is 14.8. The van der Waals surface area contributed by atoms with Crippen molar-refractivity contribution in [1.29, 1.82) is 0 Å². The summed E-state index contributed by atoms with van der Waals surface area (Å²) in [6.45, 7) is 1.92. The van der Waals surface area contributed by atoms with E-state index in [1.165, 1.54) is 6.07 Å². The fraction of sp³-hybridized carbons (Fsp3) is 0.353. The van der Waals surface area contributed by atoms with Crippen molar-refractivity contribution in [3.63, 3.8) is 0 Å². The van der Waals surface area contributed by atoms with E-state index in [0.29, 0.717) is 12.0 Å². The highest BCUT2D eigenvalue weighted by Gasteiger charge is 2.36. The zero-order valence-corrected chi connectivity index (χ0v) is 12.8. The molecule has 1 unspecified atom stereocenters. The molecule has 1 saturated carbocycles. The van der Waals surface area contributed by atoms with Crippen LogP contribution in [0.5, 0.6) is 0 Å². The van der Waals surface area contributed by atoms with Crippen LogP contribution in [0.15, 0.2) is 41.8 Å². The van der Waals surface area contributed by atoms with Crippen molar-refractivity contribution < 1.29 is 9.18 Å². The van der Waals surface area contributed by atoms with Crippen molar-refractivity contribution in [3.8, 4) is 0 Å². The van der Waals surface area contributed by atoms with E-state index in [1.54, 1.807) is 23.5 Å². The number of carbonyl (C=O) groups excluding carboxylic acids is 1. The van der Waals surface area contributed by atoms with Gasteiger partial charge in [0.05, 0.1) is 12.5 Å². The van der Waals surface area contributed by atoms with Gasteiger partial charge in [0.1, 0.15) is 5.82 Å². The summed E-state index contributed by atoms with van der Waals surface area (Å²) in [6.07, 6.45) is 2.46. The minimum Gasteiger partial charge on any atom is -0.333 e. The summed E-state index contributed by atoms with van der Waals surface area (Å²) in [5, 5.41) is 1.98.